The molecule has 0 aliphatic carbocycles. The van der Waals surface area contributed by atoms with E-state index in [1.54, 1.807) is 52.0 Å². The van der Waals surface area contributed by atoms with Gasteiger partial charge in [0, 0.05) is 5.02 Å². The molecule has 1 atom stereocenters. The Morgan fingerprint density at radius 1 is 1.22 bits per heavy atom. The molecule has 4 heteroatoms. The van der Waals surface area contributed by atoms with Crippen LogP contribution in [0.1, 0.15) is 39.7 Å². The van der Waals surface area contributed by atoms with E-state index < -0.39 is 17.2 Å². The van der Waals surface area contributed by atoms with Crippen molar-refractivity contribution in [2.24, 2.45) is 0 Å². The molecule has 0 amide bonds. The number of carbonyl (C=O) groups is 1. The van der Waals surface area contributed by atoms with E-state index >= 15 is 0 Å². The lowest BCUT2D eigenvalue weighted by molar-refractivity contribution is -0.160. The maximum absolute atomic E-state index is 11.7. The summed E-state index contributed by atoms with van der Waals surface area (Å²) in [5.74, 6) is -0.428. The van der Waals surface area contributed by atoms with Crippen LogP contribution in [0.4, 0.5) is 0 Å². The standard InChI is InChI=1S/C14H19ClO3/c1-13(2,3)18-12(16)9-14(4,17)10-5-7-11(15)8-6-10/h5-8,17H,9H2,1-4H3/t14-/m0/s1. The molecule has 0 spiro atoms. The van der Waals surface area contributed by atoms with E-state index in [2.05, 4.69) is 0 Å². The van der Waals surface area contributed by atoms with E-state index in [1.165, 1.54) is 0 Å². The van der Waals surface area contributed by atoms with Crippen LogP contribution in [0.2, 0.25) is 5.02 Å². The Kier molecular flexibility index (Phi) is 4.41. The first-order valence-corrected chi connectivity index (χ1v) is 6.18. The minimum Gasteiger partial charge on any atom is -0.460 e. The van der Waals surface area contributed by atoms with Crippen molar-refractivity contribution in [1.82, 2.24) is 0 Å². The smallest absolute Gasteiger partial charge is 0.309 e. The zero-order valence-corrected chi connectivity index (χ0v) is 11.9. The molecule has 3 nitrogen and oxygen atoms in total. The van der Waals surface area contributed by atoms with Gasteiger partial charge in [-0.2, -0.15) is 0 Å². The number of ether oxygens (including phenoxy) is 1. The summed E-state index contributed by atoms with van der Waals surface area (Å²) < 4.78 is 5.19. The number of rotatable bonds is 3. The van der Waals surface area contributed by atoms with Gasteiger partial charge in [0.05, 0.1) is 12.0 Å². The van der Waals surface area contributed by atoms with Crippen molar-refractivity contribution < 1.29 is 14.6 Å². The second kappa shape index (κ2) is 5.29. The van der Waals surface area contributed by atoms with Crippen LogP contribution in [0, 0.1) is 0 Å². The summed E-state index contributed by atoms with van der Waals surface area (Å²) in [6, 6.07) is 6.76. The van der Waals surface area contributed by atoms with E-state index in [9.17, 15) is 9.90 Å². The lowest BCUT2D eigenvalue weighted by atomic mass is 9.92. The van der Waals surface area contributed by atoms with Gasteiger partial charge in [0.25, 0.3) is 0 Å². The minimum absolute atomic E-state index is 0.0914. The van der Waals surface area contributed by atoms with Crippen LogP contribution in [0.5, 0.6) is 0 Å². The molecule has 0 radical (unpaired) electrons. The average Bonchev–Trinajstić information content (AvgIpc) is 2.13. The van der Waals surface area contributed by atoms with Crippen molar-refractivity contribution in [2.75, 3.05) is 0 Å². The molecule has 100 valence electrons. The van der Waals surface area contributed by atoms with Crippen LogP contribution >= 0.6 is 11.6 Å². The van der Waals surface area contributed by atoms with Gasteiger partial charge in [-0.3, -0.25) is 4.79 Å². The molecule has 0 aliphatic heterocycles. The summed E-state index contributed by atoms with van der Waals surface area (Å²) in [4.78, 5) is 11.7. The molecule has 0 aromatic heterocycles. The fraction of sp³-hybridized carbons (Fsp3) is 0.500. The van der Waals surface area contributed by atoms with Gasteiger partial charge in [-0.1, -0.05) is 23.7 Å². The van der Waals surface area contributed by atoms with Crippen molar-refractivity contribution in [1.29, 1.82) is 0 Å². The van der Waals surface area contributed by atoms with E-state index in [4.69, 9.17) is 16.3 Å². The molecule has 18 heavy (non-hydrogen) atoms. The first kappa shape index (κ1) is 15.0. The summed E-state index contributed by atoms with van der Waals surface area (Å²) in [5, 5.41) is 10.9. The van der Waals surface area contributed by atoms with Crippen molar-refractivity contribution in [2.45, 2.75) is 45.3 Å². The van der Waals surface area contributed by atoms with Gasteiger partial charge in [0.1, 0.15) is 5.60 Å². The van der Waals surface area contributed by atoms with Gasteiger partial charge < -0.3 is 9.84 Å². The fourth-order valence-corrected chi connectivity index (χ4v) is 1.70. The van der Waals surface area contributed by atoms with E-state index in [1.807, 2.05) is 0 Å². The van der Waals surface area contributed by atoms with Gasteiger partial charge in [-0.25, -0.2) is 0 Å². The highest BCUT2D eigenvalue weighted by molar-refractivity contribution is 6.30. The van der Waals surface area contributed by atoms with Gasteiger partial charge in [0.15, 0.2) is 0 Å². The molecule has 0 fully saturated rings. The molecule has 1 aromatic carbocycles. The first-order chi connectivity index (χ1) is 8.10. The largest absolute Gasteiger partial charge is 0.460 e. The molecule has 1 rings (SSSR count). The highest BCUT2D eigenvalue weighted by atomic mass is 35.5. The summed E-state index contributed by atoms with van der Waals surface area (Å²) in [6.45, 7) is 6.96. The maximum atomic E-state index is 11.7. The average molecular weight is 271 g/mol. The van der Waals surface area contributed by atoms with Crippen LogP contribution in [0.3, 0.4) is 0 Å². The lowest BCUT2D eigenvalue weighted by Crippen LogP contribution is -2.31. The topological polar surface area (TPSA) is 46.5 Å². The zero-order valence-electron chi connectivity index (χ0n) is 11.2. The van der Waals surface area contributed by atoms with Crippen molar-refractivity contribution in [3.63, 3.8) is 0 Å². The second-order valence-corrected chi connectivity index (χ2v) is 5.98. The summed E-state index contributed by atoms with van der Waals surface area (Å²) >= 11 is 5.78. The van der Waals surface area contributed by atoms with E-state index in [0.717, 1.165) is 0 Å². The third-order valence-corrected chi connectivity index (χ3v) is 2.63. The van der Waals surface area contributed by atoms with Crippen LogP contribution < -0.4 is 0 Å². The molecule has 0 heterocycles. The van der Waals surface area contributed by atoms with Gasteiger partial charge in [0.2, 0.25) is 0 Å². The van der Waals surface area contributed by atoms with Crippen LogP contribution in [-0.2, 0) is 15.1 Å². The van der Waals surface area contributed by atoms with E-state index in [-0.39, 0.29) is 6.42 Å². The molecule has 1 N–H and O–H groups in total. The van der Waals surface area contributed by atoms with Crippen molar-refractivity contribution in [3.8, 4) is 0 Å². The Bertz CT molecular complexity index is 416. The number of esters is 1. The molecular formula is C14H19ClO3. The Morgan fingerprint density at radius 2 is 1.72 bits per heavy atom. The Morgan fingerprint density at radius 3 is 2.17 bits per heavy atom. The summed E-state index contributed by atoms with van der Waals surface area (Å²) in [5.41, 5.74) is -1.17. The van der Waals surface area contributed by atoms with Crippen LogP contribution in [-0.4, -0.2) is 16.7 Å². The van der Waals surface area contributed by atoms with Gasteiger partial charge in [-0.05, 0) is 45.4 Å². The minimum atomic E-state index is -1.26. The maximum Gasteiger partial charge on any atom is 0.309 e. The summed E-state index contributed by atoms with van der Waals surface area (Å²) in [6.07, 6.45) is -0.0914. The van der Waals surface area contributed by atoms with Gasteiger partial charge in [-0.15, -0.1) is 0 Å². The third kappa shape index (κ3) is 4.67. The molecule has 0 saturated heterocycles. The lowest BCUT2D eigenvalue weighted by Gasteiger charge is -2.26. The number of aliphatic hydroxyl groups is 1. The quantitative estimate of drug-likeness (QED) is 0.858. The highest BCUT2D eigenvalue weighted by Crippen LogP contribution is 2.27. The third-order valence-electron chi connectivity index (χ3n) is 2.37. The Labute approximate surface area is 113 Å². The molecule has 0 unspecified atom stereocenters. The number of hydrogen-bond acceptors (Lipinski definition) is 3. The number of hydrogen-bond donors (Lipinski definition) is 1. The molecular weight excluding hydrogens is 252 g/mol. The van der Waals surface area contributed by atoms with Gasteiger partial charge >= 0.3 is 5.97 Å². The first-order valence-electron chi connectivity index (χ1n) is 5.80. The second-order valence-electron chi connectivity index (χ2n) is 5.54. The number of halogens is 1. The normalized spacial score (nSPS) is 15.0. The highest BCUT2D eigenvalue weighted by Gasteiger charge is 2.29. The molecule has 0 saturated carbocycles. The molecule has 0 bridgehead atoms. The fourth-order valence-electron chi connectivity index (χ4n) is 1.57. The number of benzene rings is 1. The molecule has 1 aromatic rings. The van der Waals surface area contributed by atoms with Crippen LogP contribution in [0.25, 0.3) is 0 Å². The number of carbonyl (C=O) groups excluding carboxylic acids is 1. The van der Waals surface area contributed by atoms with E-state index in [0.29, 0.717) is 10.6 Å². The van der Waals surface area contributed by atoms with Crippen molar-refractivity contribution in [3.05, 3.63) is 34.9 Å². The monoisotopic (exact) mass is 270 g/mol. The predicted molar refractivity (Wildman–Crippen MR) is 71.5 cm³/mol. The van der Waals surface area contributed by atoms with Crippen LogP contribution in [0.15, 0.2) is 24.3 Å². The van der Waals surface area contributed by atoms with Crippen molar-refractivity contribution >= 4 is 17.6 Å². The predicted octanol–water partition coefficient (Wildman–Crippen LogP) is 3.28. The summed E-state index contributed by atoms with van der Waals surface area (Å²) in [7, 11) is 0. The Balaban J connectivity index is 2.75. The SMILES string of the molecule is CC(C)(C)OC(=O)C[C@](C)(O)c1ccc(Cl)cc1. The zero-order chi connectivity index (χ0) is 14.0. The molecule has 0 aliphatic rings. The Hall–Kier alpha value is -1.06.